The molecule has 58 valence electrons. The highest BCUT2D eigenvalue weighted by atomic mass is 79.9. The minimum absolute atomic E-state index is 0. The minimum atomic E-state index is 0. The molecule has 0 spiro atoms. The Kier molecular flexibility index (Phi) is 2.35. The highest BCUT2D eigenvalue weighted by Gasteiger charge is 1.92. The van der Waals surface area contributed by atoms with Crippen LogP contribution in [0.3, 0.4) is 0 Å². The van der Waals surface area contributed by atoms with E-state index in [2.05, 4.69) is 48.1 Å². The van der Waals surface area contributed by atoms with Gasteiger partial charge in [0.1, 0.15) is 0 Å². The van der Waals surface area contributed by atoms with Gasteiger partial charge in [-0.3, -0.25) is 0 Å². The molecule has 11 heavy (non-hydrogen) atoms. The summed E-state index contributed by atoms with van der Waals surface area (Å²) in [6, 6.07) is 10.5. The lowest BCUT2D eigenvalue weighted by Gasteiger charge is -1.92. The number of aryl methyl sites for hydroxylation is 1. The van der Waals surface area contributed by atoms with Crippen molar-refractivity contribution in [3.05, 3.63) is 36.5 Å². The van der Waals surface area contributed by atoms with Gasteiger partial charge >= 0.3 is 0 Å². The maximum absolute atomic E-state index is 2.12. The lowest BCUT2D eigenvalue weighted by Crippen LogP contribution is -1.81. The average molecular weight is 212 g/mol. The van der Waals surface area contributed by atoms with Crippen LogP contribution >= 0.6 is 17.0 Å². The first-order valence-electron chi connectivity index (χ1n) is 3.38. The number of halogens is 1. The van der Waals surface area contributed by atoms with E-state index in [0.717, 1.165) is 0 Å². The van der Waals surface area contributed by atoms with Crippen LogP contribution in [-0.4, -0.2) is 4.57 Å². The number of para-hydroxylation sites is 1. The Labute approximate surface area is 76.4 Å². The van der Waals surface area contributed by atoms with Gasteiger partial charge in [0.25, 0.3) is 0 Å². The van der Waals surface area contributed by atoms with Crippen LogP contribution < -0.4 is 0 Å². The molecule has 0 aliphatic rings. The van der Waals surface area contributed by atoms with E-state index in [1.807, 2.05) is 0 Å². The zero-order valence-electron chi connectivity index (χ0n) is 6.32. The summed E-state index contributed by atoms with van der Waals surface area (Å²) in [5, 5.41) is 1.31. The SMILES string of the molecule is Br.Cn1ccc2ccccc21. The Bertz CT molecular complexity index is 351. The molecule has 0 saturated heterocycles. The van der Waals surface area contributed by atoms with E-state index < -0.39 is 0 Å². The normalized spacial score (nSPS) is 9.55. The Balaban J connectivity index is 0.000000605. The Morgan fingerprint density at radius 2 is 1.82 bits per heavy atom. The predicted octanol–water partition coefficient (Wildman–Crippen LogP) is 2.76. The van der Waals surface area contributed by atoms with Gasteiger partial charge in [-0.1, -0.05) is 18.2 Å². The van der Waals surface area contributed by atoms with Crippen LogP contribution in [0.5, 0.6) is 0 Å². The van der Waals surface area contributed by atoms with Gasteiger partial charge in [-0.15, -0.1) is 17.0 Å². The largest absolute Gasteiger partial charge is 0.351 e. The van der Waals surface area contributed by atoms with Crippen molar-refractivity contribution in [2.45, 2.75) is 0 Å². The maximum atomic E-state index is 2.12. The first-order valence-corrected chi connectivity index (χ1v) is 3.38. The average Bonchev–Trinajstić information content (AvgIpc) is 2.34. The molecule has 0 aliphatic heterocycles. The third-order valence-corrected chi connectivity index (χ3v) is 1.79. The molecule has 0 fully saturated rings. The second-order valence-electron chi connectivity index (χ2n) is 2.49. The summed E-state index contributed by atoms with van der Waals surface area (Å²) < 4.78 is 2.12. The van der Waals surface area contributed by atoms with Gasteiger partial charge in [0.05, 0.1) is 0 Å². The van der Waals surface area contributed by atoms with E-state index >= 15 is 0 Å². The number of rotatable bonds is 0. The summed E-state index contributed by atoms with van der Waals surface area (Å²) in [4.78, 5) is 0. The molecule has 0 atom stereocenters. The molecule has 0 bridgehead atoms. The smallest absolute Gasteiger partial charge is 0.0477 e. The summed E-state index contributed by atoms with van der Waals surface area (Å²) in [7, 11) is 2.06. The van der Waals surface area contributed by atoms with Gasteiger partial charge < -0.3 is 4.57 Å². The van der Waals surface area contributed by atoms with Crippen molar-refractivity contribution in [1.29, 1.82) is 0 Å². The van der Waals surface area contributed by atoms with Gasteiger partial charge in [0.2, 0.25) is 0 Å². The molecular weight excluding hydrogens is 202 g/mol. The van der Waals surface area contributed by atoms with E-state index in [1.54, 1.807) is 0 Å². The third-order valence-electron chi connectivity index (χ3n) is 1.79. The number of hydrogen-bond acceptors (Lipinski definition) is 0. The van der Waals surface area contributed by atoms with Crippen LogP contribution in [-0.2, 0) is 7.05 Å². The third kappa shape index (κ3) is 1.31. The van der Waals surface area contributed by atoms with Crippen molar-refractivity contribution >= 4 is 27.9 Å². The highest BCUT2D eigenvalue weighted by molar-refractivity contribution is 8.93. The molecule has 1 heterocycles. The van der Waals surface area contributed by atoms with E-state index in [-0.39, 0.29) is 17.0 Å². The predicted molar refractivity (Wildman–Crippen MR) is 53.2 cm³/mol. The Morgan fingerprint density at radius 1 is 1.09 bits per heavy atom. The first kappa shape index (κ1) is 8.34. The summed E-state index contributed by atoms with van der Waals surface area (Å²) in [6.45, 7) is 0. The van der Waals surface area contributed by atoms with Crippen LogP contribution in [0.15, 0.2) is 36.5 Å². The molecule has 0 saturated carbocycles. The van der Waals surface area contributed by atoms with Gasteiger partial charge in [-0.05, 0) is 17.5 Å². The Hall–Kier alpha value is -0.760. The molecular formula is C9H10BrN. The molecule has 1 nitrogen and oxygen atoms in total. The number of benzene rings is 1. The van der Waals surface area contributed by atoms with Crippen LogP contribution in [0.25, 0.3) is 10.9 Å². The van der Waals surface area contributed by atoms with Crippen LogP contribution in [0.4, 0.5) is 0 Å². The number of aromatic nitrogens is 1. The molecule has 0 N–H and O–H groups in total. The summed E-state index contributed by atoms with van der Waals surface area (Å²) in [5.74, 6) is 0. The second-order valence-corrected chi connectivity index (χ2v) is 2.49. The van der Waals surface area contributed by atoms with E-state index in [9.17, 15) is 0 Å². The van der Waals surface area contributed by atoms with Crippen LogP contribution in [0, 0.1) is 0 Å². The number of hydrogen-bond donors (Lipinski definition) is 0. The summed E-state index contributed by atoms with van der Waals surface area (Å²) in [6.07, 6.45) is 2.07. The lowest BCUT2D eigenvalue weighted by molar-refractivity contribution is 0.969. The van der Waals surface area contributed by atoms with Gasteiger partial charge in [-0.25, -0.2) is 0 Å². The fourth-order valence-electron chi connectivity index (χ4n) is 1.22. The van der Waals surface area contributed by atoms with E-state index in [4.69, 9.17) is 0 Å². The van der Waals surface area contributed by atoms with Crippen LogP contribution in [0.2, 0.25) is 0 Å². The standard InChI is InChI=1S/C9H9N.BrH/c1-10-7-6-8-4-2-3-5-9(8)10;/h2-7H,1H3;1H. The molecule has 1 aromatic heterocycles. The zero-order valence-corrected chi connectivity index (χ0v) is 8.03. The molecule has 2 rings (SSSR count). The molecule has 2 heteroatoms. The quantitative estimate of drug-likeness (QED) is 0.632. The lowest BCUT2D eigenvalue weighted by atomic mass is 10.2. The van der Waals surface area contributed by atoms with Gasteiger partial charge in [0.15, 0.2) is 0 Å². The minimum Gasteiger partial charge on any atom is -0.351 e. The molecule has 0 amide bonds. The summed E-state index contributed by atoms with van der Waals surface area (Å²) >= 11 is 0. The molecule has 2 aromatic rings. The zero-order chi connectivity index (χ0) is 6.97. The van der Waals surface area contributed by atoms with Crippen molar-refractivity contribution < 1.29 is 0 Å². The van der Waals surface area contributed by atoms with Crippen molar-refractivity contribution in [2.24, 2.45) is 7.05 Å². The fraction of sp³-hybridized carbons (Fsp3) is 0.111. The number of nitrogens with zero attached hydrogens (tertiary/aromatic N) is 1. The van der Waals surface area contributed by atoms with Crippen molar-refractivity contribution in [3.63, 3.8) is 0 Å². The monoisotopic (exact) mass is 211 g/mol. The topological polar surface area (TPSA) is 4.93 Å². The van der Waals surface area contributed by atoms with Gasteiger partial charge in [-0.2, -0.15) is 0 Å². The van der Waals surface area contributed by atoms with Crippen molar-refractivity contribution in [2.75, 3.05) is 0 Å². The van der Waals surface area contributed by atoms with E-state index in [0.29, 0.717) is 0 Å². The molecule has 0 radical (unpaired) electrons. The van der Waals surface area contributed by atoms with Gasteiger partial charge in [0, 0.05) is 18.8 Å². The second kappa shape index (κ2) is 3.09. The fourth-order valence-corrected chi connectivity index (χ4v) is 1.22. The highest BCUT2D eigenvalue weighted by Crippen LogP contribution is 2.12. The Morgan fingerprint density at radius 3 is 2.55 bits per heavy atom. The molecule has 0 unspecified atom stereocenters. The first-order chi connectivity index (χ1) is 4.88. The molecule has 0 aliphatic carbocycles. The van der Waals surface area contributed by atoms with Crippen molar-refractivity contribution in [1.82, 2.24) is 4.57 Å². The summed E-state index contributed by atoms with van der Waals surface area (Å²) in [5.41, 5.74) is 1.29. The number of fused-ring (bicyclic) bond motifs is 1. The van der Waals surface area contributed by atoms with E-state index in [1.165, 1.54) is 10.9 Å². The van der Waals surface area contributed by atoms with Crippen LogP contribution in [0.1, 0.15) is 0 Å². The molecule has 1 aromatic carbocycles. The maximum Gasteiger partial charge on any atom is 0.0477 e. The van der Waals surface area contributed by atoms with Crippen molar-refractivity contribution in [3.8, 4) is 0 Å².